The van der Waals surface area contributed by atoms with E-state index in [0.29, 0.717) is 149 Å². The quantitative estimate of drug-likeness (QED) is 0.0382. The smallest absolute Gasteiger partial charge is 0.387 e. The highest BCUT2D eigenvalue weighted by Gasteiger charge is 2.57. The van der Waals surface area contributed by atoms with Gasteiger partial charge in [0.15, 0.2) is 0 Å². The van der Waals surface area contributed by atoms with Crippen molar-refractivity contribution >= 4 is 23.6 Å². The van der Waals surface area contributed by atoms with Gasteiger partial charge in [0, 0.05) is 129 Å². The fourth-order valence-corrected chi connectivity index (χ4v) is 23.6. The summed E-state index contributed by atoms with van der Waals surface area (Å²) in [5.74, 6) is -0.0965. The second-order valence-corrected chi connectivity index (χ2v) is 41.1. The first-order valence-corrected chi connectivity index (χ1v) is 48.4. The predicted molar refractivity (Wildman–Crippen MR) is 480 cm³/mol. The number of nitrogens with zero attached hydrogens (tertiary/aromatic N) is 4. The van der Waals surface area contributed by atoms with Crippen LogP contribution in [0, 0.1) is 45.3 Å². The molecule has 4 amide bonds. The molecule has 0 aromatic heterocycles. The van der Waals surface area contributed by atoms with Gasteiger partial charge in [0.2, 0.25) is 23.6 Å². The third kappa shape index (κ3) is 23.6. The molecule has 36 heteroatoms. The Morgan fingerprint density at radius 2 is 0.522 bits per heavy atom. The SMILES string of the molecule is CO[C@@H]1COCC[C@@H]1N[C@@H]1CC[C@@](C(=O)N2Cc3cc(C(F)(F)F)ccc3[C@@H](O)C2)(C(C)C)C1.CO[C@@H]1COCC[C@@H]1N[C@@H]1CC[C@@](C(=O)N2Cc3cc(C(F)(F)F)ccc3[C@H](O)C2)(C(C)C)C1.CO[C@H]1COCC[C@H]1N[C@@H]1CC[C@@](C(=O)N2Cc3cc(C(F)(F)F)ccc3[C@@H](O)C2)(C(C)C)C1.CO[C@H]1COCC[C@H]1N[C@@H]1CC[C@@](C(=O)N2Cc3cc(C(F)(F)F)ccc3[C@H](O)C2)(C(C)C)C1. The van der Waals surface area contributed by atoms with Gasteiger partial charge >= 0.3 is 24.7 Å². The molecule has 136 heavy (non-hydrogen) atoms. The van der Waals surface area contributed by atoms with Crippen LogP contribution in [-0.2, 0) is 108 Å². The topological polar surface area (TPSA) is 284 Å². The van der Waals surface area contributed by atoms with Crippen LogP contribution >= 0.6 is 0 Å². The van der Waals surface area contributed by atoms with Crippen molar-refractivity contribution < 1.29 is 130 Å². The first-order chi connectivity index (χ1) is 64.2. The van der Waals surface area contributed by atoms with Crippen LogP contribution in [-0.4, -0.2) is 244 Å². The molecule has 4 saturated carbocycles. The summed E-state index contributed by atoms with van der Waals surface area (Å²) in [7, 11) is 6.70. The van der Waals surface area contributed by atoms with E-state index in [1.54, 1.807) is 48.0 Å². The van der Waals surface area contributed by atoms with E-state index in [0.717, 1.165) is 99.9 Å². The summed E-state index contributed by atoms with van der Waals surface area (Å²) < 4.78 is 203. The van der Waals surface area contributed by atoms with E-state index in [4.69, 9.17) is 37.9 Å². The van der Waals surface area contributed by atoms with Crippen molar-refractivity contribution in [2.24, 2.45) is 45.3 Å². The molecule has 8 fully saturated rings. The van der Waals surface area contributed by atoms with Crippen molar-refractivity contribution in [1.29, 1.82) is 0 Å². The highest BCUT2D eigenvalue weighted by atomic mass is 19.4. The Balaban J connectivity index is 0.000000153. The van der Waals surface area contributed by atoms with Crippen molar-refractivity contribution in [2.45, 2.75) is 306 Å². The Morgan fingerprint density at radius 3 is 0.691 bits per heavy atom. The summed E-state index contributed by atoms with van der Waals surface area (Å²) in [5, 5.41) is 57.3. The molecule has 8 N–H and O–H groups in total. The number of amides is 4. The van der Waals surface area contributed by atoms with Crippen LogP contribution in [0.4, 0.5) is 52.7 Å². The molecule has 760 valence electrons. The van der Waals surface area contributed by atoms with E-state index < -0.39 is 93.0 Å². The van der Waals surface area contributed by atoms with E-state index in [2.05, 4.69) is 21.3 Å². The van der Waals surface area contributed by atoms with Gasteiger partial charge in [-0.15, -0.1) is 0 Å². The maximum absolute atomic E-state index is 13.9. The van der Waals surface area contributed by atoms with Gasteiger partial charge < -0.3 is 99.2 Å². The molecule has 16 rings (SSSR count). The van der Waals surface area contributed by atoms with Crippen LogP contribution in [0.1, 0.15) is 249 Å². The number of alkyl halides is 12. The largest absolute Gasteiger partial charge is 0.416 e. The lowest BCUT2D eigenvalue weighted by Gasteiger charge is -2.41. The van der Waals surface area contributed by atoms with Crippen molar-refractivity contribution in [3.8, 4) is 0 Å². The van der Waals surface area contributed by atoms with Gasteiger partial charge in [-0.25, -0.2) is 0 Å². The molecule has 24 nitrogen and oxygen atoms in total. The average Bonchev–Trinajstić information content (AvgIpc) is 1.79. The van der Waals surface area contributed by atoms with E-state index in [-0.39, 0.29) is 172 Å². The number of halogens is 12. The summed E-state index contributed by atoms with van der Waals surface area (Å²) in [6.45, 7) is 21.8. The molecule has 0 spiro atoms. The van der Waals surface area contributed by atoms with Crippen LogP contribution < -0.4 is 21.3 Å². The van der Waals surface area contributed by atoms with E-state index in [9.17, 15) is 92.3 Å². The molecule has 4 aromatic rings. The maximum Gasteiger partial charge on any atom is 0.416 e. The minimum Gasteiger partial charge on any atom is -0.387 e. The summed E-state index contributed by atoms with van der Waals surface area (Å²) in [5.41, 5.74) is -2.24. The number of benzene rings is 4. The number of aliphatic hydroxyl groups is 4. The zero-order valence-corrected chi connectivity index (χ0v) is 80.1. The Hall–Kier alpha value is -6.72. The highest BCUT2D eigenvalue weighted by molar-refractivity contribution is 5.86. The summed E-state index contributed by atoms with van der Waals surface area (Å²) in [6.07, 6.45) is -9.91. The van der Waals surface area contributed by atoms with Crippen LogP contribution in [0.2, 0.25) is 0 Å². The fraction of sp³-hybridized carbons (Fsp3) is 0.720. The minimum atomic E-state index is -4.47. The number of rotatable bonds is 20. The number of methoxy groups -OCH3 is 4. The Kier molecular flexibility index (Phi) is 34.5. The maximum atomic E-state index is 13.9. The van der Waals surface area contributed by atoms with E-state index >= 15 is 0 Å². The lowest BCUT2D eigenvalue weighted by atomic mass is 9.73. The second kappa shape index (κ2) is 44.0. The molecule has 4 saturated heterocycles. The Morgan fingerprint density at radius 1 is 0.331 bits per heavy atom. The molecule has 12 aliphatic rings. The molecular formula is C100H140F12N8O16. The number of carbonyl (C=O) groups excluding carboxylic acids is 4. The lowest BCUT2D eigenvalue weighted by molar-refractivity contribution is -0.148. The van der Waals surface area contributed by atoms with Crippen molar-refractivity contribution in [2.75, 3.05) is 107 Å². The summed E-state index contributed by atoms with van der Waals surface area (Å²) >= 11 is 0. The van der Waals surface area contributed by atoms with Crippen LogP contribution in [0.3, 0.4) is 0 Å². The molecular weight excluding hydrogens is 1800 g/mol. The standard InChI is InChI=1S/4C25H35F3N2O4/c4*1-15(2)24(8-6-18(11-24)29-20-7-9-34-14-22(20)33-3)23(32)30-12-16-10-17(25(26,27)28)4-5-19(16)21(31)13-30/h4*4-5,10,15,18,20-22,29,31H,6-9,11-14H2,1-3H3/t18-,20+,21+,22-,24+;18-,20+,21-,22-,24+;18-,20-,21+,22+,24+;18-,20-,21-,22+,24+/m1111/s1. The van der Waals surface area contributed by atoms with Gasteiger partial charge in [-0.05, 0) is 219 Å². The molecule has 8 heterocycles. The number of β-amino-alcohol motifs (C(OH)–C–C–N with tert-alkyl or cyclic N) is 4. The fourth-order valence-electron chi connectivity index (χ4n) is 23.6. The van der Waals surface area contributed by atoms with Crippen molar-refractivity contribution in [3.63, 3.8) is 0 Å². The number of carbonyl (C=O) groups is 4. The molecule has 4 aromatic carbocycles. The van der Waals surface area contributed by atoms with E-state index in [1.165, 1.54) is 24.3 Å². The average molecular weight is 1940 g/mol. The predicted octanol–water partition coefficient (Wildman–Crippen LogP) is 14.7. The molecule has 0 unspecified atom stereocenters. The molecule has 0 radical (unpaired) electrons. The molecule has 20 atom stereocenters. The normalized spacial score (nSPS) is 32.2. The van der Waals surface area contributed by atoms with Crippen LogP contribution in [0.25, 0.3) is 0 Å². The zero-order chi connectivity index (χ0) is 98.7. The highest BCUT2D eigenvalue weighted by Crippen LogP contribution is 2.54. The number of hydrogen-bond acceptors (Lipinski definition) is 20. The van der Waals surface area contributed by atoms with Gasteiger partial charge in [0.05, 0.1) is 145 Å². The first-order valence-electron chi connectivity index (χ1n) is 48.4. The van der Waals surface area contributed by atoms with E-state index in [1.807, 2.05) is 55.4 Å². The number of aliphatic hydroxyl groups excluding tert-OH is 4. The third-order valence-electron chi connectivity index (χ3n) is 32.0. The van der Waals surface area contributed by atoms with Gasteiger partial charge in [-0.1, -0.05) is 79.7 Å². The second-order valence-electron chi connectivity index (χ2n) is 41.1. The number of ether oxygens (including phenoxy) is 8. The Bertz CT molecular complexity index is 4150. The third-order valence-corrected chi connectivity index (χ3v) is 32.0. The van der Waals surface area contributed by atoms with Crippen LogP contribution in [0.15, 0.2) is 72.8 Å². The monoisotopic (exact) mass is 1940 g/mol. The van der Waals surface area contributed by atoms with Crippen molar-refractivity contribution in [3.05, 3.63) is 140 Å². The number of nitrogens with one attached hydrogen (secondary N) is 4. The Labute approximate surface area is 789 Å². The molecule has 0 bridgehead atoms. The van der Waals surface area contributed by atoms with Gasteiger partial charge in [-0.2, -0.15) is 52.7 Å². The molecule has 4 aliphatic carbocycles. The first kappa shape index (κ1) is 107. The summed E-state index contributed by atoms with van der Waals surface area (Å²) in [6, 6.07) is 14.8. The van der Waals surface area contributed by atoms with Crippen molar-refractivity contribution in [1.82, 2.24) is 40.9 Å². The van der Waals surface area contributed by atoms with Gasteiger partial charge in [-0.3, -0.25) is 19.2 Å². The molecule has 8 aliphatic heterocycles. The van der Waals surface area contributed by atoms with Gasteiger partial charge in [0.1, 0.15) is 0 Å². The number of hydrogen-bond donors (Lipinski definition) is 8. The number of fused-ring (bicyclic) bond motifs is 4. The van der Waals surface area contributed by atoms with Crippen LogP contribution in [0.5, 0.6) is 0 Å². The summed E-state index contributed by atoms with van der Waals surface area (Å²) in [4.78, 5) is 61.7. The lowest BCUT2D eigenvalue weighted by Crippen LogP contribution is -2.52. The minimum absolute atomic E-state index is 0.0323. The van der Waals surface area contributed by atoms with Gasteiger partial charge in [0.25, 0.3) is 0 Å². The zero-order valence-electron chi connectivity index (χ0n) is 80.1.